The summed E-state index contributed by atoms with van der Waals surface area (Å²) in [6.07, 6.45) is 0. The maximum Gasteiger partial charge on any atom is 0.170 e. The normalized spacial score (nSPS) is 12.6. The minimum Gasteiger partial charge on any atom is -0.494 e. The van der Waals surface area contributed by atoms with Crippen LogP contribution in [0.5, 0.6) is 5.75 Å². The van der Waals surface area contributed by atoms with Gasteiger partial charge in [0.25, 0.3) is 0 Å². The van der Waals surface area contributed by atoms with Crippen molar-refractivity contribution in [2.45, 2.75) is 6.92 Å². The molecule has 1 unspecified atom stereocenters. The second kappa shape index (κ2) is 6.03. The molecule has 0 fully saturated rings. The molecule has 1 rings (SSSR count). The van der Waals surface area contributed by atoms with Gasteiger partial charge in [0.2, 0.25) is 0 Å². The molecule has 3 nitrogen and oxygen atoms in total. The third-order valence-corrected chi connectivity index (χ3v) is 2.82. The van der Waals surface area contributed by atoms with Gasteiger partial charge in [-0.25, -0.2) is 0 Å². The lowest BCUT2D eigenvalue weighted by molar-refractivity contribution is 0.0907. The van der Waals surface area contributed by atoms with Crippen molar-refractivity contribution in [1.82, 2.24) is 4.90 Å². The maximum absolute atomic E-state index is 12.2. The van der Waals surface area contributed by atoms with Crippen LogP contribution >= 0.6 is 11.6 Å². The fourth-order valence-electron chi connectivity index (χ4n) is 1.81. The second-order valence-electron chi connectivity index (χ2n) is 4.35. The molecule has 0 aromatic heterocycles. The van der Waals surface area contributed by atoms with Crippen LogP contribution in [0, 0.1) is 5.92 Å². The summed E-state index contributed by atoms with van der Waals surface area (Å²) in [6, 6.07) is 5.23. The third kappa shape index (κ3) is 3.45. The average molecular weight is 256 g/mol. The molecule has 0 saturated heterocycles. The molecule has 17 heavy (non-hydrogen) atoms. The van der Waals surface area contributed by atoms with Gasteiger partial charge in [-0.1, -0.05) is 24.6 Å². The molecule has 0 bridgehead atoms. The number of hydrogen-bond donors (Lipinski definition) is 0. The van der Waals surface area contributed by atoms with E-state index in [4.69, 9.17) is 16.3 Å². The quantitative estimate of drug-likeness (QED) is 0.758. The first-order valence-corrected chi connectivity index (χ1v) is 5.86. The highest BCUT2D eigenvalue weighted by Gasteiger charge is 2.20. The molecular formula is C13H18ClNO2. The van der Waals surface area contributed by atoms with Gasteiger partial charge in [0.15, 0.2) is 5.78 Å². The molecule has 0 spiro atoms. The average Bonchev–Trinajstić information content (AvgIpc) is 2.26. The Hall–Kier alpha value is -1.06. The van der Waals surface area contributed by atoms with Crippen LogP contribution in [-0.4, -0.2) is 38.4 Å². The fraction of sp³-hybridized carbons (Fsp3) is 0.462. The number of para-hydroxylation sites is 1. The number of carbonyl (C=O) groups excluding carboxylic acids is 1. The Kier molecular flexibility index (Phi) is 4.97. The Morgan fingerprint density at radius 2 is 2.12 bits per heavy atom. The topological polar surface area (TPSA) is 29.5 Å². The van der Waals surface area contributed by atoms with Crippen LogP contribution in [0.3, 0.4) is 0 Å². The summed E-state index contributed by atoms with van der Waals surface area (Å²) < 4.78 is 5.19. The van der Waals surface area contributed by atoms with E-state index < -0.39 is 0 Å². The van der Waals surface area contributed by atoms with Gasteiger partial charge in [-0.15, -0.1) is 0 Å². The number of rotatable bonds is 5. The lowest BCUT2D eigenvalue weighted by Crippen LogP contribution is -2.26. The van der Waals surface area contributed by atoms with Gasteiger partial charge in [-0.05, 0) is 26.2 Å². The van der Waals surface area contributed by atoms with Crippen molar-refractivity contribution in [3.63, 3.8) is 0 Å². The minimum absolute atomic E-state index is 0.0538. The zero-order chi connectivity index (χ0) is 13.0. The molecule has 0 amide bonds. The summed E-state index contributed by atoms with van der Waals surface area (Å²) in [5.41, 5.74) is 0.550. The van der Waals surface area contributed by atoms with Crippen molar-refractivity contribution < 1.29 is 9.53 Å². The first-order chi connectivity index (χ1) is 7.97. The van der Waals surface area contributed by atoms with Gasteiger partial charge in [0, 0.05) is 12.5 Å². The lowest BCUT2D eigenvalue weighted by Gasteiger charge is -2.17. The van der Waals surface area contributed by atoms with E-state index in [0.717, 1.165) is 0 Å². The number of carbonyl (C=O) groups is 1. The SMILES string of the molecule is COc1c(Cl)cccc1C(=O)C(C)CN(C)C. The van der Waals surface area contributed by atoms with Crippen molar-refractivity contribution in [1.29, 1.82) is 0 Å². The molecule has 0 heterocycles. The number of hydrogen-bond acceptors (Lipinski definition) is 3. The Labute approximate surface area is 107 Å². The van der Waals surface area contributed by atoms with Crippen LogP contribution in [0.2, 0.25) is 5.02 Å². The first-order valence-electron chi connectivity index (χ1n) is 5.48. The first kappa shape index (κ1) is 14.0. The van der Waals surface area contributed by atoms with E-state index in [0.29, 0.717) is 22.9 Å². The maximum atomic E-state index is 12.2. The molecule has 0 aliphatic carbocycles. The van der Waals surface area contributed by atoms with Gasteiger partial charge in [0.1, 0.15) is 5.75 Å². The predicted octanol–water partition coefficient (Wildman–Crippen LogP) is 2.73. The van der Waals surface area contributed by atoms with Crippen LogP contribution in [0.25, 0.3) is 0 Å². The largest absolute Gasteiger partial charge is 0.494 e. The summed E-state index contributed by atoms with van der Waals surface area (Å²) >= 11 is 6.00. The zero-order valence-electron chi connectivity index (χ0n) is 10.7. The lowest BCUT2D eigenvalue weighted by atomic mass is 9.98. The van der Waals surface area contributed by atoms with Crippen molar-refractivity contribution in [2.75, 3.05) is 27.7 Å². The summed E-state index contributed by atoms with van der Waals surface area (Å²) in [6.45, 7) is 2.61. The highest BCUT2D eigenvalue weighted by atomic mass is 35.5. The van der Waals surface area contributed by atoms with Crippen molar-refractivity contribution in [3.05, 3.63) is 28.8 Å². The highest BCUT2D eigenvalue weighted by Crippen LogP contribution is 2.29. The number of ketones is 1. The van der Waals surface area contributed by atoms with Crippen LogP contribution in [-0.2, 0) is 0 Å². The molecule has 0 aliphatic heterocycles. The molecule has 0 radical (unpaired) electrons. The Balaban J connectivity index is 3.00. The van der Waals surface area contributed by atoms with E-state index in [1.807, 2.05) is 25.9 Å². The van der Waals surface area contributed by atoms with Crippen LogP contribution in [0.4, 0.5) is 0 Å². The third-order valence-electron chi connectivity index (χ3n) is 2.52. The van der Waals surface area contributed by atoms with E-state index in [1.165, 1.54) is 7.11 Å². The highest BCUT2D eigenvalue weighted by molar-refractivity contribution is 6.32. The molecular weight excluding hydrogens is 238 g/mol. The molecule has 0 aliphatic rings. The Morgan fingerprint density at radius 3 is 2.65 bits per heavy atom. The number of methoxy groups -OCH3 is 1. The standard InChI is InChI=1S/C13H18ClNO2/c1-9(8-15(2)3)12(16)10-6-5-7-11(14)13(10)17-4/h5-7,9H,8H2,1-4H3. The smallest absolute Gasteiger partial charge is 0.170 e. The van der Waals surface area contributed by atoms with Crippen molar-refractivity contribution >= 4 is 17.4 Å². The molecule has 4 heteroatoms. The zero-order valence-corrected chi connectivity index (χ0v) is 11.4. The molecule has 1 aromatic rings. The number of nitrogens with zero attached hydrogens (tertiary/aromatic N) is 1. The van der Waals surface area contributed by atoms with Gasteiger partial charge < -0.3 is 9.64 Å². The summed E-state index contributed by atoms with van der Waals surface area (Å²) in [4.78, 5) is 14.2. The van der Waals surface area contributed by atoms with E-state index in [9.17, 15) is 4.79 Å². The number of Topliss-reactive ketones (excluding diaryl/α,β-unsaturated/α-hetero) is 1. The van der Waals surface area contributed by atoms with Gasteiger partial charge in [-0.2, -0.15) is 0 Å². The number of benzene rings is 1. The summed E-state index contributed by atoms with van der Waals surface area (Å²) in [5, 5.41) is 0.468. The second-order valence-corrected chi connectivity index (χ2v) is 4.76. The van der Waals surface area contributed by atoms with E-state index >= 15 is 0 Å². The van der Waals surface area contributed by atoms with E-state index in [1.54, 1.807) is 18.2 Å². The van der Waals surface area contributed by atoms with E-state index in [-0.39, 0.29) is 11.7 Å². The number of halogens is 1. The molecule has 0 N–H and O–H groups in total. The fourth-order valence-corrected chi connectivity index (χ4v) is 2.06. The number of ether oxygens (including phenoxy) is 1. The summed E-state index contributed by atoms with van der Waals surface area (Å²) in [7, 11) is 5.41. The molecule has 0 saturated carbocycles. The van der Waals surface area contributed by atoms with Crippen LogP contribution in [0.1, 0.15) is 17.3 Å². The van der Waals surface area contributed by atoms with Crippen LogP contribution < -0.4 is 4.74 Å². The van der Waals surface area contributed by atoms with E-state index in [2.05, 4.69) is 0 Å². The minimum atomic E-state index is -0.0858. The van der Waals surface area contributed by atoms with Gasteiger partial charge in [0.05, 0.1) is 17.7 Å². The monoisotopic (exact) mass is 255 g/mol. The van der Waals surface area contributed by atoms with Gasteiger partial charge >= 0.3 is 0 Å². The van der Waals surface area contributed by atoms with Crippen molar-refractivity contribution in [2.24, 2.45) is 5.92 Å². The molecule has 1 atom stereocenters. The van der Waals surface area contributed by atoms with Crippen LogP contribution in [0.15, 0.2) is 18.2 Å². The van der Waals surface area contributed by atoms with Crippen molar-refractivity contribution in [3.8, 4) is 5.75 Å². The predicted molar refractivity (Wildman–Crippen MR) is 70.1 cm³/mol. The molecule has 94 valence electrons. The Morgan fingerprint density at radius 1 is 1.47 bits per heavy atom. The molecule has 1 aromatic carbocycles. The summed E-state index contributed by atoms with van der Waals surface area (Å²) in [5.74, 6) is 0.431. The Bertz CT molecular complexity index is 404. The van der Waals surface area contributed by atoms with Gasteiger partial charge in [-0.3, -0.25) is 4.79 Å².